The van der Waals surface area contributed by atoms with E-state index in [1.54, 1.807) is 0 Å². The number of rotatable bonds is 4. The molecule has 0 amide bonds. The zero-order valence-electron chi connectivity index (χ0n) is 7.59. The molecule has 0 heterocycles. The van der Waals surface area contributed by atoms with Gasteiger partial charge in [0, 0.05) is 0 Å². The average Bonchev–Trinajstić information content (AvgIpc) is 2.13. The summed E-state index contributed by atoms with van der Waals surface area (Å²) in [6.45, 7) is 0.737. The van der Waals surface area contributed by atoms with Crippen LogP contribution in [0.25, 0.3) is 0 Å². The molecule has 0 aliphatic heterocycles. The standard InChI is InChI=1S/C10H15ClN2/c11-9-6-3-5-8(10(9)13)4-1-2-7-12/h3,5-6H,1-2,4,7,12-13H2. The van der Waals surface area contributed by atoms with Crippen molar-refractivity contribution < 1.29 is 0 Å². The van der Waals surface area contributed by atoms with Crippen LogP contribution in [0.5, 0.6) is 0 Å². The van der Waals surface area contributed by atoms with E-state index in [0.29, 0.717) is 10.7 Å². The Hall–Kier alpha value is -0.730. The fourth-order valence-electron chi connectivity index (χ4n) is 1.26. The first-order valence-corrected chi connectivity index (χ1v) is 4.86. The number of anilines is 1. The highest BCUT2D eigenvalue weighted by molar-refractivity contribution is 6.33. The second-order valence-corrected chi connectivity index (χ2v) is 3.47. The minimum atomic E-state index is 0.644. The molecule has 3 heteroatoms. The lowest BCUT2D eigenvalue weighted by Crippen LogP contribution is -2.00. The van der Waals surface area contributed by atoms with Crippen molar-refractivity contribution in [1.82, 2.24) is 0 Å². The topological polar surface area (TPSA) is 52.0 Å². The summed E-state index contributed by atoms with van der Waals surface area (Å²) in [5, 5.41) is 0.644. The molecule has 0 spiro atoms. The molecule has 0 aromatic heterocycles. The van der Waals surface area contributed by atoms with E-state index in [1.807, 2.05) is 18.2 Å². The number of halogens is 1. The van der Waals surface area contributed by atoms with Crippen LogP contribution in [-0.2, 0) is 6.42 Å². The number of benzene rings is 1. The number of aryl methyl sites for hydroxylation is 1. The predicted molar refractivity (Wildman–Crippen MR) is 57.9 cm³/mol. The zero-order chi connectivity index (χ0) is 9.68. The Bertz CT molecular complexity index is 274. The molecule has 1 rings (SSSR count). The van der Waals surface area contributed by atoms with E-state index in [1.165, 1.54) is 0 Å². The Balaban J connectivity index is 2.61. The number of para-hydroxylation sites is 1. The van der Waals surface area contributed by atoms with Crippen LogP contribution < -0.4 is 11.5 Å². The molecule has 0 saturated carbocycles. The minimum Gasteiger partial charge on any atom is -0.397 e. The number of nitrogen functional groups attached to an aromatic ring is 1. The molecule has 1 aromatic carbocycles. The van der Waals surface area contributed by atoms with Gasteiger partial charge in [-0.25, -0.2) is 0 Å². The molecule has 13 heavy (non-hydrogen) atoms. The first-order valence-electron chi connectivity index (χ1n) is 4.48. The van der Waals surface area contributed by atoms with Gasteiger partial charge in [0.05, 0.1) is 10.7 Å². The largest absolute Gasteiger partial charge is 0.397 e. The van der Waals surface area contributed by atoms with Gasteiger partial charge in [0.15, 0.2) is 0 Å². The number of nitrogens with two attached hydrogens (primary N) is 2. The number of hydrogen-bond acceptors (Lipinski definition) is 2. The molecule has 72 valence electrons. The Kier molecular flexibility index (Phi) is 4.06. The van der Waals surface area contributed by atoms with Crippen molar-refractivity contribution >= 4 is 17.3 Å². The van der Waals surface area contributed by atoms with Crippen LogP contribution in [0.3, 0.4) is 0 Å². The van der Waals surface area contributed by atoms with E-state index in [-0.39, 0.29) is 0 Å². The van der Waals surface area contributed by atoms with Crippen LogP contribution in [0.4, 0.5) is 5.69 Å². The van der Waals surface area contributed by atoms with E-state index in [4.69, 9.17) is 23.1 Å². The minimum absolute atomic E-state index is 0.644. The van der Waals surface area contributed by atoms with E-state index in [2.05, 4.69) is 0 Å². The van der Waals surface area contributed by atoms with Crippen LogP contribution in [-0.4, -0.2) is 6.54 Å². The number of unbranched alkanes of at least 4 members (excludes halogenated alkanes) is 1. The molecule has 0 aliphatic carbocycles. The van der Waals surface area contributed by atoms with Crippen LogP contribution in [0.1, 0.15) is 18.4 Å². The number of hydrogen-bond donors (Lipinski definition) is 2. The monoisotopic (exact) mass is 198 g/mol. The molecule has 4 N–H and O–H groups in total. The summed E-state index contributed by atoms with van der Waals surface area (Å²) in [5.41, 5.74) is 13.0. The molecular formula is C10H15ClN2. The molecule has 2 nitrogen and oxygen atoms in total. The maximum atomic E-state index is 5.88. The summed E-state index contributed by atoms with van der Waals surface area (Å²) in [6.07, 6.45) is 3.07. The van der Waals surface area contributed by atoms with Crippen LogP contribution in [0, 0.1) is 0 Å². The molecule has 0 saturated heterocycles. The summed E-state index contributed by atoms with van der Waals surface area (Å²) >= 11 is 5.88. The van der Waals surface area contributed by atoms with E-state index >= 15 is 0 Å². The van der Waals surface area contributed by atoms with Gasteiger partial charge in [-0.3, -0.25) is 0 Å². The van der Waals surface area contributed by atoms with Gasteiger partial charge in [-0.1, -0.05) is 23.7 Å². The smallest absolute Gasteiger partial charge is 0.0638 e. The van der Waals surface area contributed by atoms with Crippen LogP contribution in [0.15, 0.2) is 18.2 Å². The second-order valence-electron chi connectivity index (χ2n) is 3.06. The fraction of sp³-hybridized carbons (Fsp3) is 0.400. The summed E-state index contributed by atoms with van der Waals surface area (Å²) in [4.78, 5) is 0. The van der Waals surface area contributed by atoms with Crippen molar-refractivity contribution in [3.63, 3.8) is 0 Å². The van der Waals surface area contributed by atoms with Gasteiger partial charge >= 0.3 is 0 Å². The lowest BCUT2D eigenvalue weighted by atomic mass is 10.1. The summed E-state index contributed by atoms with van der Waals surface area (Å²) < 4.78 is 0. The molecule has 1 aromatic rings. The SMILES string of the molecule is NCCCCc1cccc(Cl)c1N. The van der Waals surface area contributed by atoms with Gasteiger partial charge in [-0.2, -0.15) is 0 Å². The molecule has 0 fully saturated rings. The van der Waals surface area contributed by atoms with Gasteiger partial charge < -0.3 is 11.5 Å². The van der Waals surface area contributed by atoms with Crippen LogP contribution >= 0.6 is 11.6 Å². The first-order chi connectivity index (χ1) is 6.25. The van der Waals surface area contributed by atoms with Gasteiger partial charge in [0.1, 0.15) is 0 Å². The van der Waals surface area contributed by atoms with E-state index in [0.717, 1.165) is 31.4 Å². The first kappa shape index (κ1) is 10.4. The molecule has 0 radical (unpaired) electrons. The Morgan fingerprint density at radius 3 is 2.69 bits per heavy atom. The van der Waals surface area contributed by atoms with Crippen molar-refractivity contribution in [1.29, 1.82) is 0 Å². The zero-order valence-corrected chi connectivity index (χ0v) is 8.35. The van der Waals surface area contributed by atoms with Gasteiger partial charge in [0.2, 0.25) is 0 Å². The highest BCUT2D eigenvalue weighted by atomic mass is 35.5. The van der Waals surface area contributed by atoms with Crippen molar-refractivity contribution in [2.75, 3.05) is 12.3 Å². The predicted octanol–water partition coefficient (Wildman–Crippen LogP) is 2.20. The molecule has 0 unspecified atom stereocenters. The molecule has 0 atom stereocenters. The van der Waals surface area contributed by atoms with Gasteiger partial charge in [0.25, 0.3) is 0 Å². The normalized spacial score (nSPS) is 10.3. The third-order valence-corrected chi connectivity index (χ3v) is 2.37. The lowest BCUT2D eigenvalue weighted by Gasteiger charge is -2.05. The van der Waals surface area contributed by atoms with Crippen molar-refractivity contribution in [2.45, 2.75) is 19.3 Å². The average molecular weight is 199 g/mol. The van der Waals surface area contributed by atoms with Gasteiger partial charge in [-0.15, -0.1) is 0 Å². The third-order valence-electron chi connectivity index (χ3n) is 2.04. The highest BCUT2D eigenvalue weighted by Crippen LogP contribution is 2.23. The summed E-state index contributed by atoms with van der Waals surface area (Å²) in [6, 6.07) is 5.75. The molecule has 0 aliphatic rings. The van der Waals surface area contributed by atoms with E-state index in [9.17, 15) is 0 Å². The molecule has 0 bridgehead atoms. The maximum Gasteiger partial charge on any atom is 0.0638 e. The second kappa shape index (κ2) is 5.10. The Morgan fingerprint density at radius 1 is 1.23 bits per heavy atom. The molecular weight excluding hydrogens is 184 g/mol. The third kappa shape index (κ3) is 2.90. The van der Waals surface area contributed by atoms with E-state index < -0.39 is 0 Å². The highest BCUT2D eigenvalue weighted by Gasteiger charge is 2.01. The Morgan fingerprint density at radius 2 is 2.00 bits per heavy atom. The van der Waals surface area contributed by atoms with Crippen molar-refractivity contribution in [3.05, 3.63) is 28.8 Å². The van der Waals surface area contributed by atoms with Crippen molar-refractivity contribution in [3.8, 4) is 0 Å². The summed E-state index contributed by atoms with van der Waals surface area (Å²) in [5.74, 6) is 0. The quantitative estimate of drug-likeness (QED) is 0.576. The van der Waals surface area contributed by atoms with Crippen LogP contribution in [0.2, 0.25) is 5.02 Å². The van der Waals surface area contributed by atoms with Crippen molar-refractivity contribution in [2.24, 2.45) is 5.73 Å². The Labute approximate surface area is 83.9 Å². The van der Waals surface area contributed by atoms with Gasteiger partial charge in [-0.05, 0) is 37.4 Å². The lowest BCUT2D eigenvalue weighted by molar-refractivity contribution is 0.746. The fourth-order valence-corrected chi connectivity index (χ4v) is 1.45. The maximum absolute atomic E-state index is 5.88. The summed E-state index contributed by atoms with van der Waals surface area (Å²) in [7, 11) is 0.